The van der Waals surface area contributed by atoms with Crippen molar-refractivity contribution in [1.82, 2.24) is 25.1 Å². The summed E-state index contributed by atoms with van der Waals surface area (Å²) in [5.74, 6) is 0.417. The maximum atomic E-state index is 12.3. The Labute approximate surface area is 203 Å². The second-order valence-corrected chi connectivity index (χ2v) is 9.70. The number of nitrogens with one attached hydrogen (secondary N) is 3. The summed E-state index contributed by atoms with van der Waals surface area (Å²) in [4.78, 5) is 35.9. The maximum absolute atomic E-state index is 12.3. The van der Waals surface area contributed by atoms with Crippen molar-refractivity contribution in [2.75, 3.05) is 31.5 Å². The van der Waals surface area contributed by atoms with Gasteiger partial charge in [0.05, 0.1) is 12.5 Å². The number of piperidine rings is 1. The number of hydrogen-bond donors (Lipinski definition) is 3. The van der Waals surface area contributed by atoms with E-state index in [-0.39, 0.29) is 18.0 Å². The highest BCUT2D eigenvalue weighted by Crippen LogP contribution is 2.22. The Bertz CT molecular complexity index is 906. The number of carbonyl (C=O) groups is 2. The fourth-order valence-electron chi connectivity index (χ4n) is 4.59. The van der Waals surface area contributed by atoms with Crippen molar-refractivity contribution in [3.05, 3.63) is 48.0 Å². The summed E-state index contributed by atoms with van der Waals surface area (Å²) in [5, 5.41) is 5.95. The average Bonchev–Trinajstić information content (AvgIpc) is 3.34. The summed E-state index contributed by atoms with van der Waals surface area (Å²) >= 11 is 0. The Morgan fingerprint density at radius 3 is 2.65 bits per heavy atom. The fraction of sp³-hybridized carbons (Fsp3) is 0.577. The number of nitrogens with zero attached hydrogens (tertiary/aromatic N) is 3. The number of imidazole rings is 1. The first-order chi connectivity index (χ1) is 16.4. The van der Waals surface area contributed by atoms with Crippen LogP contribution in [0.2, 0.25) is 0 Å². The van der Waals surface area contributed by atoms with Gasteiger partial charge >= 0.3 is 6.03 Å². The molecule has 1 aromatic carbocycles. The Kier molecular flexibility index (Phi) is 9.51. The van der Waals surface area contributed by atoms with E-state index in [4.69, 9.17) is 0 Å². The molecule has 3 rings (SSSR count). The number of likely N-dealkylation sites (tertiary alicyclic amines) is 1. The van der Waals surface area contributed by atoms with Crippen LogP contribution in [0.4, 0.5) is 10.5 Å². The first-order valence-corrected chi connectivity index (χ1v) is 12.5. The maximum Gasteiger partial charge on any atom is 0.317 e. The lowest BCUT2D eigenvalue weighted by molar-refractivity contribution is 0.102. The molecule has 3 N–H and O–H groups in total. The van der Waals surface area contributed by atoms with Crippen LogP contribution in [-0.2, 0) is 6.42 Å². The van der Waals surface area contributed by atoms with Gasteiger partial charge in [0.25, 0.3) is 5.91 Å². The zero-order valence-electron chi connectivity index (χ0n) is 21.0. The largest absolute Gasteiger partial charge is 0.341 e. The third-order valence-electron chi connectivity index (χ3n) is 6.40. The molecule has 0 radical (unpaired) electrons. The van der Waals surface area contributed by atoms with Crippen LogP contribution in [0.1, 0.15) is 63.0 Å². The van der Waals surface area contributed by atoms with Gasteiger partial charge in [0, 0.05) is 37.4 Å². The smallest absolute Gasteiger partial charge is 0.317 e. The minimum atomic E-state index is -0.191. The molecule has 3 amide bonds. The molecule has 2 heterocycles. The number of anilines is 1. The van der Waals surface area contributed by atoms with Crippen molar-refractivity contribution in [2.45, 2.75) is 65.5 Å². The van der Waals surface area contributed by atoms with Crippen LogP contribution in [-0.4, -0.2) is 70.0 Å². The summed E-state index contributed by atoms with van der Waals surface area (Å²) in [6.07, 6.45) is 7.15. The SMILES string of the molecule is CCCN(CC1CCN(C(=O)NC(C)C)CC1)[C@H](C)Cc1cccc(NC(=O)c2cnc[nH]2)c1. The van der Waals surface area contributed by atoms with Crippen LogP contribution in [0.25, 0.3) is 0 Å². The van der Waals surface area contributed by atoms with Gasteiger partial charge in [0.1, 0.15) is 5.69 Å². The number of aromatic amines is 1. The summed E-state index contributed by atoms with van der Waals surface area (Å²) in [7, 11) is 0. The van der Waals surface area contributed by atoms with E-state index in [2.05, 4.69) is 51.5 Å². The van der Waals surface area contributed by atoms with E-state index in [9.17, 15) is 9.59 Å². The van der Waals surface area contributed by atoms with Crippen molar-refractivity contribution < 1.29 is 9.59 Å². The van der Waals surface area contributed by atoms with E-state index in [1.807, 2.05) is 30.9 Å². The molecule has 0 bridgehead atoms. The lowest BCUT2D eigenvalue weighted by Gasteiger charge is -2.37. The molecule has 1 atom stereocenters. The molecule has 0 spiro atoms. The fourth-order valence-corrected chi connectivity index (χ4v) is 4.59. The number of aromatic nitrogens is 2. The topological polar surface area (TPSA) is 93.4 Å². The summed E-state index contributed by atoms with van der Waals surface area (Å²) in [6, 6.07) is 8.71. The normalized spacial score (nSPS) is 15.5. The van der Waals surface area contributed by atoms with Crippen LogP contribution in [0, 0.1) is 5.92 Å². The number of benzene rings is 1. The second-order valence-electron chi connectivity index (χ2n) is 9.70. The van der Waals surface area contributed by atoms with E-state index in [1.54, 1.807) is 0 Å². The molecular weight excluding hydrogens is 428 g/mol. The van der Waals surface area contributed by atoms with Gasteiger partial charge in [-0.3, -0.25) is 4.79 Å². The van der Waals surface area contributed by atoms with Crippen LogP contribution in [0.5, 0.6) is 0 Å². The predicted octanol–water partition coefficient (Wildman–Crippen LogP) is 4.14. The lowest BCUT2D eigenvalue weighted by Crippen LogP contribution is -2.48. The van der Waals surface area contributed by atoms with E-state index < -0.39 is 0 Å². The molecule has 1 aromatic heterocycles. The molecule has 186 valence electrons. The third-order valence-corrected chi connectivity index (χ3v) is 6.40. The number of hydrogen-bond acceptors (Lipinski definition) is 4. The van der Waals surface area contributed by atoms with Gasteiger partial charge < -0.3 is 25.4 Å². The van der Waals surface area contributed by atoms with E-state index in [1.165, 1.54) is 18.1 Å². The highest BCUT2D eigenvalue weighted by Gasteiger charge is 2.26. The van der Waals surface area contributed by atoms with Gasteiger partial charge in [-0.25, -0.2) is 9.78 Å². The summed E-state index contributed by atoms with van der Waals surface area (Å²) in [6.45, 7) is 12.3. The minimum Gasteiger partial charge on any atom is -0.341 e. The lowest BCUT2D eigenvalue weighted by atomic mass is 9.95. The molecule has 8 nitrogen and oxygen atoms in total. The third kappa shape index (κ3) is 7.58. The highest BCUT2D eigenvalue weighted by atomic mass is 16.2. The van der Waals surface area contributed by atoms with Crippen molar-refractivity contribution in [1.29, 1.82) is 0 Å². The Morgan fingerprint density at radius 1 is 1.24 bits per heavy atom. The van der Waals surface area contributed by atoms with Gasteiger partial charge in [0.2, 0.25) is 0 Å². The van der Waals surface area contributed by atoms with Gasteiger partial charge in [-0.1, -0.05) is 19.1 Å². The van der Waals surface area contributed by atoms with Gasteiger partial charge in [-0.05, 0) is 76.6 Å². The van der Waals surface area contributed by atoms with Crippen molar-refractivity contribution in [2.24, 2.45) is 5.92 Å². The molecule has 1 aliphatic heterocycles. The number of carbonyl (C=O) groups excluding carboxylic acids is 2. The molecule has 1 fully saturated rings. The number of rotatable bonds is 10. The summed E-state index contributed by atoms with van der Waals surface area (Å²) in [5.41, 5.74) is 2.44. The second kappa shape index (κ2) is 12.6. The van der Waals surface area contributed by atoms with E-state index in [0.29, 0.717) is 17.7 Å². The van der Waals surface area contributed by atoms with Gasteiger partial charge in [-0.2, -0.15) is 0 Å². The number of H-pyrrole nitrogens is 1. The Hall–Kier alpha value is -2.87. The number of urea groups is 1. The van der Waals surface area contributed by atoms with Gasteiger partial charge in [-0.15, -0.1) is 0 Å². The molecule has 8 heteroatoms. The van der Waals surface area contributed by atoms with Crippen molar-refractivity contribution in [3.8, 4) is 0 Å². The van der Waals surface area contributed by atoms with Crippen molar-refractivity contribution in [3.63, 3.8) is 0 Å². The zero-order chi connectivity index (χ0) is 24.5. The van der Waals surface area contributed by atoms with Crippen LogP contribution in [0.3, 0.4) is 0 Å². The van der Waals surface area contributed by atoms with Crippen LogP contribution in [0.15, 0.2) is 36.8 Å². The first kappa shape index (κ1) is 25.7. The molecule has 1 aliphatic rings. The molecule has 0 saturated carbocycles. The molecular formula is C26H40N6O2. The molecule has 1 saturated heterocycles. The molecule has 34 heavy (non-hydrogen) atoms. The molecule has 0 aliphatic carbocycles. The van der Waals surface area contributed by atoms with Crippen LogP contribution >= 0.6 is 0 Å². The molecule has 2 aromatic rings. The number of amides is 3. The minimum absolute atomic E-state index is 0.0618. The average molecular weight is 469 g/mol. The highest BCUT2D eigenvalue weighted by molar-refractivity contribution is 6.02. The van der Waals surface area contributed by atoms with Crippen molar-refractivity contribution >= 4 is 17.6 Å². The zero-order valence-corrected chi connectivity index (χ0v) is 21.0. The Balaban J connectivity index is 1.53. The Morgan fingerprint density at radius 2 is 2.00 bits per heavy atom. The molecule has 0 unspecified atom stereocenters. The first-order valence-electron chi connectivity index (χ1n) is 12.5. The summed E-state index contributed by atoms with van der Waals surface area (Å²) < 4.78 is 0. The quantitative estimate of drug-likeness (QED) is 0.489. The van der Waals surface area contributed by atoms with E-state index >= 15 is 0 Å². The predicted molar refractivity (Wildman–Crippen MR) is 136 cm³/mol. The van der Waals surface area contributed by atoms with Crippen LogP contribution < -0.4 is 10.6 Å². The van der Waals surface area contributed by atoms with E-state index in [0.717, 1.165) is 57.5 Å². The van der Waals surface area contributed by atoms with Gasteiger partial charge in [0.15, 0.2) is 0 Å². The standard InChI is InChI=1S/C26H40N6O2/c1-5-11-32(17-21-9-12-31(13-10-21)26(34)29-19(2)3)20(4)14-22-7-6-8-23(15-22)30-25(33)24-16-27-18-28-24/h6-8,15-16,18-21H,5,9-14,17H2,1-4H3,(H,27,28)(H,29,34)(H,30,33)/t20-/m1/s1. The monoisotopic (exact) mass is 468 g/mol.